The summed E-state index contributed by atoms with van der Waals surface area (Å²) < 4.78 is 31.6. The number of nitrogens with zero attached hydrogens (tertiary/aromatic N) is 1. The normalized spacial score (nSPS) is 12.6. The Bertz CT molecular complexity index is 419. The predicted molar refractivity (Wildman–Crippen MR) is 118 cm³/mol. The van der Waals surface area contributed by atoms with E-state index in [0.717, 1.165) is 30.5 Å². The molecule has 0 spiro atoms. The standard InChI is InChI=1S/C22H47NO3S/c1-4-7-8-9-10-11-12-13-14-15-16-17-20-23(5-2,6-3)21-18-19-22-27(24,25)26/h4-22H2,1-3H3/p+1. The Morgan fingerprint density at radius 1 is 0.593 bits per heavy atom. The van der Waals surface area contributed by atoms with Crippen molar-refractivity contribution in [2.75, 3.05) is 31.9 Å². The van der Waals surface area contributed by atoms with Gasteiger partial charge in [0, 0.05) is 0 Å². The van der Waals surface area contributed by atoms with Crippen LogP contribution in [0.4, 0.5) is 0 Å². The summed E-state index contributed by atoms with van der Waals surface area (Å²) in [6.07, 6.45) is 18.0. The van der Waals surface area contributed by atoms with E-state index in [9.17, 15) is 8.42 Å². The van der Waals surface area contributed by atoms with E-state index in [4.69, 9.17) is 4.55 Å². The maximum atomic E-state index is 10.8. The van der Waals surface area contributed by atoms with Crippen molar-refractivity contribution < 1.29 is 17.5 Å². The third-order valence-electron chi connectivity index (χ3n) is 6.11. The van der Waals surface area contributed by atoms with Gasteiger partial charge in [-0.05, 0) is 39.5 Å². The van der Waals surface area contributed by atoms with Crippen molar-refractivity contribution in [3.8, 4) is 0 Å². The van der Waals surface area contributed by atoms with Gasteiger partial charge in [-0.3, -0.25) is 4.55 Å². The lowest BCUT2D eigenvalue weighted by molar-refractivity contribution is -0.925. The third kappa shape index (κ3) is 16.5. The van der Waals surface area contributed by atoms with Crippen LogP contribution in [0.5, 0.6) is 0 Å². The minimum absolute atomic E-state index is 0.0982. The summed E-state index contributed by atoms with van der Waals surface area (Å²) >= 11 is 0. The highest BCUT2D eigenvalue weighted by Crippen LogP contribution is 2.15. The molecule has 0 aliphatic carbocycles. The van der Waals surface area contributed by atoms with Crippen molar-refractivity contribution in [2.24, 2.45) is 0 Å². The van der Waals surface area contributed by atoms with Gasteiger partial charge in [-0.1, -0.05) is 71.1 Å². The molecule has 0 aromatic carbocycles. The smallest absolute Gasteiger partial charge is 0.264 e. The van der Waals surface area contributed by atoms with E-state index in [1.807, 2.05) is 0 Å². The fraction of sp³-hybridized carbons (Fsp3) is 1.00. The minimum Gasteiger partial charge on any atom is -0.324 e. The molecule has 0 aliphatic heterocycles. The monoisotopic (exact) mass is 406 g/mol. The molecule has 27 heavy (non-hydrogen) atoms. The number of hydrogen-bond acceptors (Lipinski definition) is 2. The van der Waals surface area contributed by atoms with Crippen molar-refractivity contribution in [2.45, 2.75) is 111 Å². The molecule has 0 aromatic rings. The predicted octanol–water partition coefficient (Wildman–Crippen LogP) is 6.21. The van der Waals surface area contributed by atoms with Crippen LogP contribution in [0.15, 0.2) is 0 Å². The summed E-state index contributed by atoms with van der Waals surface area (Å²) in [7, 11) is -3.80. The lowest BCUT2D eigenvalue weighted by Gasteiger charge is -2.37. The first-order chi connectivity index (χ1) is 12.9. The van der Waals surface area contributed by atoms with Gasteiger partial charge in [0.15, 0.2) is 0 Å². The van der Waals surface area contributed by atoms with Gasteiger partial charge in [-0.2, -0.15) is 8.42 Å². The fourth-order valence-electron chi connectivity index (χ4n) is 3.99. The van der Waals surface area contributed by atoms with Crippen molar-refractivity contribution in [1.29, 1.82) is 0 Å². The quantitative estimate of drug-likeness (QED) is 0.148. The Hall–Kier alpha value is -0.130. The number of quaternary nitrogens is 1. The Labute approximate surface area is 170 Å². The van der Waals surface area contributed by atoms with Crippen molar-refractivity contribution in [3.63, 3.8) is 0 Å². The topological polar surface area (TPSA) is 54.4 Å². The largest absolute Gasteiger partial charge is 0.324 e. The molecule has 1 N–H and O–H groups in total. The van der Waals surface area contributed by atoms with Gasteiger partial charge in [-0.25, -0.2) is 0 Å². The fourth-order valence-corrected chi connectivity index (χ4v) is 4.56. The number of hydrogen-bond donors (Lipinski definition) is 1. The first-order valence-corrected chi connectivity index (χ1v) is 13.3. The van der Waals surface area contributed by atoms with Crippen LogP contribution in [-0.2, 0) is 10.1 Å². The zero-order valence-electron chi connectivity index (χ0n) is 18.6. The molecule has 0 saturated heterocycles. The average Bonchev–Trinajstić information content (AvgIpc) is 2.64. The zero-order chi connectivity index (χ0) is 20.4. The molecule has 0 unspecified atom stereocenters. The third-order valence-corrected chi connectivity index (χ3v) is 6.92. The molecule has 0 fully saturated rings. The van der Waals surface area contributed by atoms with Crippen LogP contribution in [0, 0.1) is 0 Å². The van der Waals surface area contributed by atoms with E-state index >= 15 is 0 Å². The molecule has 0 aliphatic rings. The molecule has 0 rings (SSSR count). The van der Waals surface area contributed by atoms with Crippen LogP contribution >= 0.6 is 0 Å². The highest BCUT2D eigenvalue weighted by molar-refractivity contribution is 7.85. The molecule has 5 heteroatoms. The van der Waals surface area contributed by atoms with Crippen LogP contribution in [-0.4, -0.2) is 49.4 Å². The van der Waals surface area contributed by atoms with Gasteiger partial charge in [0.05, 0.1) is 31.9 Å². The van der Waals surface area contributed by atoms with Gasteiger partial charge >= 0.3 is 0 Å². The van der Waals surface area contributed by atoms with Crippen LogP contribution in [0.3, 0.4) is 0 Å². The van der Waals surface area contributed by atoms with Gasteiger partial charge in [0.25, 0.3) is 10.1 Å². The Morgan fingerprint density at radius 2 is 0.963 bits per heavy atom. The average molecular weight is 407 g/mol. The lowest BCUT2D eigenvalue weighted by Crippen LogP contribution is -2.49. The van der Waals surface area contributed by atoms with Crippen molar-refractivity contribution >= 4 is 10.1 Å². The summed E-state index contributed by atoms with van der Waals surface area (Å²) in [6.45, 7) is 11.2. The zero-order valence-corrected chi connectivity index (χ0v) is 19.4. The number of unbranched alkanes of at least 4 members (excludes halogenated alkanes) is 12. The van der Waals surface area contributed by atoms with E-state index in [1.54, 1.807) is 0 Å². The highest BCUT2D eigenvalue weighted by Gasteiger charge is 2.22. The molecule has 0 amide bonds. The molecule has 0 bridgehead atoms. The molecular formula is C22H48NO3S+. The van der Waals surface area contributed by atoms with Gasteiger partial charge in [-0.15, -0.1) is 0 Å². The molecule has 164 valence electrons. The lowest BCUT2D eigenvalue weighted by atomic mass is 10.0. The highest BCUT2D eigenvalue weighted by atomic mass is 32.2. The van der Waals surface area contributed by atoms with Crippen LogP contribution in [0.25, 0.3) is 0 Å². The van der Waals surface area contributed by atoms with Crippen LogP contribution < -0.4 is 0 Å². The summed E-state index contributed by atoms with van der Waals surface area (Å²) in [5, 5.41) is 0. The SMILES string of the molecule is CCCCCCCCCCCCCC[N+](CC)(CC)CCCCS(=O)(=O)O. The molecule has 0 radical (unpaired) electrons. The summed E-state index contributed by atoms with van der Waals surface area (Å²) in [5.41, 5.74) is 0. The van der Waals surface area contributed by atoms with Gasteiger partial charge in [0.2, 0.25) is 0 Å². The second kappa shape index (κ2) is 16.8. The van der Waals surface area contributed by atoms with E-state index in [2.05, 4.69) is 20.8 Å². The van der Waals surface area contributed by atoms with E-state index < -0.39 is 10.1 Å². The Kier molecular flexibility index (Phi) is 16.7. The maximum absolute atomic E-state index is 10.8. The Morgan fingerprint density at radius 3 is 1.33 bits per heavy atom. The molecule has 0 aromatic heterocycles. The number of rotatable bonds is 20. The minimum atomic E-state index is -3.80. The van der Waals surface area contributed by atoms with Crippen molar-refractivity contribution in [3.05, 3.63) is 0 Å². The molecule has 0 heterocycles. The Balaban J connectivity index is 3.71. The first kappa shape index (κ1) is 26.9. The second-order valence-corrected chi connectivity index (χ2v) is 9.88. The maximum Gasteiger partial charge on any atom is 0.264 e. The van der Waals surface area contributed by atoms with E-state index in [-0.39, 0.29) is 5.75 Å². The van der Waals surface area contributed by atoms with Crippen LogP contribution in [0.1, 0.15) is 111 Å². The first-order valence-electron chi connectivity index (χ1n) is 11.7. The summed E-state index contributed by atoms with van der Waals surface area (Å²) in [6, 6.07) is 0. The molecule has 0 atom stereocenters. The summed E-state index contributed by atoms with van der Waals surface area (Å²) in [5.74, 6) is -0.0982. The molecular weight excluding hydrogens is 358 g/mol. The van der Waals surface area contributed by atoms with Crippen molar-refractivity contribution in [1.82, 2.24) is 0 Å². The second-order valence-electron chi connectivity index (χ2n) is 8.30. The molecule has 4 nitrogen and oxygen atoms in total. The molecule has 0 saturated carbocycles. The van der Waals surface area contributed by atoms with Gasteiger partial charge < -0.3 is 4.48 Å². The van der Waals surface area contributed by atoms with E-state index in [1.165, 1.54) is 83.6 Å². The summed E-state index contributed by atoms with van der Waals surface area (Å²) in [4.78, 5) is 0. The van der Waals surface area contributed by atoms with Crippen LogP contribution in [0.2, 0.25) is 0 Å². The van der Waals surface area contributed by atoms with E-state index in [0.29, 0.717) is 6.42 Å². The van der Waals surface area contributed by atoms with Gasteiger partial charge in [0.1, 0.15) is 0 Å².